The summed E-state index contributed by atoms with van der Waals surface area (Å²) < 4.78 is 6.32. The number of thiophene rings is 1. The van der Waals surface area contributed by atoms with Crippen LogP contribution in [-0.4, -0.2) is 33.8 Å². The number of amides is 1. The zero-order valence-electron chi connectivity index (χ0n) is 17.8. The number of rotatable bonds is 7. The molecule has 31 heavy (non-hydrogen) atoms. The van der Waals surface area contributed by atoms with Crippen LogP contribution < -0.4 is 0 Å². The van der Waals surface area contributed by atoms with Crippen molar-refractivity contribution in [1.29, 1.82) is 0 Å². The van der Waals surface area contributed by atoms with Gasteiger partial charge in [0.1, 0.15) is 11.5 Å². The zero-order valence-corrected chi connectivity index (χ0v) is 19.5. The topological polar surface area (TPSA) is 49.8 Å². The van der Waals surface area contributed by atoms with Crippen molar-refractivity contribution < 1.29 is 14.6 Å². The molecular weight excluding hydrogens is 426 g/mol. The first kappa shape index (κ1) is 21.9. The highest BCUT2D eigenvalue weighted by Gasteiger charge is 2.59. The Balaban J connectivity index is 1.88. The Bertz CT molecular complexity index is 953. The van der Waals surface area contributed by atoms with Crippen molar-refractivity contribution in [3.63, 3.8) is 0 Å². The van der Waals surface area contributed by atoms with Gasteiger partial charge in [0, 0.05) is 16.0 Å². The Morgan fingerprint density at radius 3 is 2.03 bits per heavy atom. The average molecular weight is 454 g/mol. The Morgan fingerprint density at radius 1 is 1.00 bits per heavy atom. The van der Waals surface area contributed by atoms with E-state index in [-0.39, 0.29) is 12.0 Å². The standard InChI is InChI=1S/C25H27NO3S2/c1-17(2)22-25(18-11-6-4-7-12-18,19-13-8-5-9-14-19)29-24(28)26(22)23(30-3)21(27)20-15-10-16-31-20/h4-17,21-23,27H,1-3H3/t21-,22-,23-/m0/s1. The molecule has 1 aromatic heterocycles. The summed E-state index contributed by atoms with van der Waals surface area (Å²) in [6, 6.07) is 23.4. The number of hydrogen-bond donors (Lipinski definition) is 1. The maximum atomic E-state index is 13.5. The molecule has 0 aliphatic carbocycles. The van der Waals surface area contributed by atoms with Crippen molar-refractivity contribution >= 4 is 29.2 Å². The molecule has 6 heteroatoms. The van der Waals surface area contributed by atoms with Gasteiger partial charge in [0.25, 0.3) is 0 Å². The van der Waals surface area contributed by atoms with Gasteiger partial charge in [-0.3, -0.25) is 4.90 Å². The van der Waals surface area contributed by atoms with Crippen LogP contribution in [0.1, 0.15) is 36.0 Å². The van der Waals surface area contributed by atoms with Gasteiger partial charge in [-0.25, -0.2) is 4.79 Å². The summed E-state index contributed by atoms with van der Waals surface area (Å²) in [5.41, 5.74) is 0.902. The van der Waals surface area contributed by atoms with Crippen LogP contribution in [0.5, 0.6) is 0 Å². The van der Waals surface area contributed by atoms with Gasteiger partial charge in [0.2, 0.25) is 0 Å². The Kier molecular flexibility index (Phi) is 6.42. The van der Waals surface area contributed by atoms with Crippen LogP contribution in [0.3, 0.4) is 0 Å². The van der Waals surface area contributed by atoms with Crippen LogP contribution in [0.4, 0.5) is 4.79 Å². The second-order valence-electron chi connectivity index (χ2n) is 8.02. The number of aliphatic hydroxyl groups excluding tert-OH is 1. The van der Waals surface area contributed by atoms with Crippen molar-refractivity contribution in [2.75, 3.05) is 6.26 Å². The van der Waals surface area contributed by atoms with Crippen LogP contribution in [0.15, 0.2) is 78.2 Å². The van der Waals surface area contributed by atoms with Gasteiger partial charge in [-0.15, -0.1) is 23.1 Å². The van der Waals surface area contributed by atoms with Crippen LogP contribution in [0.2, 0.25) is 0 Å². The fourth-order valence-corrected chi connectivity index (χ4v) is 6.28. The number of nitrogens with zero attached hydrogens (tertiary/aromatic N) is 1. The SMILES string of the molecule is CS[C@@H]([C@@H](O)c1cccs1)N1C(=O)OC(c2ccccc2)(c2ccccc2)[C@@H]1C(C)C. The number of benzene rings is 2. The highest BCUT2D eigenvalue weighted by Crippen LogP contribution is 2.50. The van der Waals surface area contributed by atoms with Crippen LogP contribution >= 0.6 is 23.1 Å². The number of ether oxygens (including phenoxy) is 1. The van der Waals surface area contributed by atoms with Gasteiger partial charge >= 0.3 is 6.09 Å². The maximum Gasteiger partial charge on any atom is 0.412 e. The number of hydrogen-bond acceptors (Lipinski definition) is 5. The molecule has 3 aromatic rings. The molecule has 2 aromatic carbocycles. The van der Waals surface area contributed by atoms with Gasteiger partial charge in [0.05, 0.1) is 6.04 Å². The van der Waals surface area contributed by atoms with E-state index in [4.69, 9.17) is 4.74 Å². The quantitative estimate of drug-likeness (QED) is 0.484. The van der Waals surface area contributed by atoms with E-state index in [1.165, 1.54) is 23.1 Å². The van der Waals surface area contributed by atoms with Gasteiger partial charge < -0.3 is 9.84 Å². The Hall–Kier alpha value is -2.28. The van der Waals surface area contributed by atoms with E-state index in [0.29, 0.717) is 0 Å². The number of aliphatic hydroxyl groups is 1. The molecular formula is C25H27NO3S2. The third-order valence-corrected chi connectivity index (χ3v) is 7.74. The van der Waals surface area contributed by atoms with Gasteiger partial charge in [-0.2, -0.15) is 0 Å². The summed E-state index contributed by atoms with van der Waals surface area (Å²) in [6.07, 6.45) is 0.726. The molecule has 2 heterocycles. The lowest BCUT2D eigenvalue weighted by molar-refractivity contribution is 0.0483. The predicted octanol–water partition coefficient (Wildman–Crippen LogP) is 5.89. The van der Waals surface area contributed by atoms with Crippen molar-refractivity contribution in [2.45, 2.75) is 37.0 Å². The molecule has 1 aliphatic heterocycles. The third-order valence-electron chi connectivity index (χ3n) is 5.83. The van der Waals surface area contributed by atoms with Gasteiger partial charge in [-0.05, 0) is 23.6 Å². The highest BCUT2D eigenvalue weighted by molar-refractivity contribution is 7.99. The molecule has 1 amide bonds. The highest BCUT2D eigenvalue weighted by atomic mass is 32.2. The predicted molar refractivity (Wildman–Crippen MR) is 127 cm³/mol. The molecule has 3 atom stereocenters. The molecule has 162 valence electrons. The van der Waals surface area contributed by atoms with Crippen LogP contribution in [0.25, 0.3) is 0 Å². The molecule has 0 bridgehead atoms. The Labute approximate surface area is 191 Å². The van der Waals surface area contributed by atoms with E-state index in [1.807, 2.05) is 84.4 Å². The van der Waals surface area contributed by atoms with E-state index in [2.05, 4.69) is 13.8 Å². The molecule has 1 fully saturated rings. The van der Waals surface area contributed by atoms with E-state index in [1.54, 1.807) is 4.90 Å². The number of thioether (sulfide) groups is 1. The molecule has 0 unspecified atom stereocenters. The van der Waals surface area contributed by atoms with Gasteiger partial charge in [-0.1, -0.05) is 80.6 Å². The first-order valence-corrected chi connectivity index (χ1v) is 12.5. The lowest BCUT2D eigenvalue weighted by atomic mass is 9.75. The summed E-state index contributed by atoms with van der Waals surface area (Å²) in [5, 5.41) is 12.7. The van der Waals surface area contributed by atoms with E-state index < -0.39 is 23.2 Å². The fraction of sp³-hybridized carbons (Fsp3) is 0.320. The second kappa shape index (κ2) is 9.07. The molecule has 0 saturated carbocycles. The smallest absolute Gasteiger partial charge is 0.412 e. The minimum atomic E-state index is -0.961. The van der Waals surface area contributed by atoms with E-state index >= 15 is 0 Å². The maximum absolute atomic E-state index is 13.5. The number of cyclic esters (lactones) is 1. The number of carbonyl (C=O) groups is 1. The lowest BCUT2D eigenvalue weighted by Gasteiger charge is -2.41. The van der Waals surface area contributed by atoms with Crippen LogP contribution in [-0.2, 0) is 10.3 Å². The molecule has 0 spiro atoms. The van der Waals surface area contributed by atoms with Crippen LogP contribution in [0, 0.1) is 5.92 Å². The van der Waals surface area contributed by atoms with E-state index in [9.17, 15) is 9.90 Å². The molecule has 1 N–H and O–H groups in total. The van der Waals surface area contributed by atoms with Crippen molar-refractivity contribution in [1.82, 2.24) is 4.90 Å². The minimum absolute atomic E-state index is 0.0806. The monoisotopic (exact) mass is 453 g/mol. The van der Waals surface area contributed by atoms with E-state index in [0.717, 1.165) is 16.0 Å². The number of carbonyl (C=O) groups excluding carboxylic acids is 1. The van der Waals surface area contributed by atoms with Crippen molar-refractivity contribution in [3.8, 4) is 0 Å². The molecule has 0 radical (unpaired) electrons. The molecule has 1 saturated heterocycles. The second-order valence-corrected chi connectivity index (χ2v) is 9.95. The summed E-state index contributed by atoms with van der Waals surface area (Å²) >= 11 is 2.97. The summed E-state index contributed by atoms with van der Waals surface area (Å²) in [6.45, 7) is 4.21. The molecule has 1 aliphatic rings. The van der Waals surface area contributed by atoms with Gasteiger partial charge in [0.15, 0.2) is 5.60 Å². The van der Waals surface area contributed by atoms with Crippen molar-refractivity contribution in [3.05, 3.63) is 94.2 Å². The summed E-state index contributed by atoms with van der Waals surface area (Å²) in [7, 11) is 0. The Morgan fingerprint density at radius 2 is 1.58 bits per heavy atom. The average Bonchev–Trinajstić information content (AvgIpc) is 3.43. The first-order chi connectivity index (χ1) is 15.0. The summed E-state index contributed by atoms with van der Waals surface area (Å²) in [4.78, 5) is 16.1. The zero-order chi connectivity index (χ0) is 22.0. The largest absolute Gasteiger partial charge is 0.431 e. The fourth-order valence-electron chi connectivity index (χ4n) is 4.61. The lowest BCUT2D eigenvalue weighted by Crippen LogP contribution is -2.51. The van der Waals surface area contributed by atoms with Crippen molar-refractivity contribution in [2.24, 2.45) is 5.92 Å². The molecule has 4 nitrogen and oxygen atoms in total. The first-order valence-electron chi connectivity index (χ1n) is 10.4. The summed E-state index contributed by atoms with van der Waals surface area (Å²) in [5.74, 6) is 0.0806. The minimum Gasteiger partial charge on any atom is -0.431 e. The third kappa shape index (κ3) is 3.77. The molecule has 4 rings (SSSR count). The normalized spacial score (nSPS) is 20.0.